The third-order valence-electron chi connectivity index (χ3n) is 3.80. The molecule has 1 aliphatic heterocycles. The minimum absolute atomic E-state index is 0.126. The Morgan fingerprint density at radius 3 is 2.65 bits per heavy atom. The largest absolute Gasteiger partial charge is 0.469 e. The van der Waals surface area contributed by atoms with Crippen molar-refractivity contribution in [3.05, 3.63) is 0 Å². The first-order chi connectivity index (χ1) is 9.20. The molecule has 2 atom stereocenters. The number of amides is 1. The summed E-state index contributed by atoms with van der Waals surface area (Å²) < 4.78 is 9.72. The quantitative estimate of drug-likeness (QED) is 0.753. The molecule has 0 aromatic carbocycles. The average molecular weight is 287 g/mol. The number of hydrogen-bond donors (Lipinski definition) is 1. The molecule has 1 saturated heterocycles. The maximum absolute atomic E-state index is 11.7. The molecule has 6 nitrogen and oxygen atoms in total. The summed E-state index contributed by atoms with van der Waals surface area (Å²) >= 11 is 0. The molecule has 6 heteroatoms. The van der Waals surface area contributed by atoms with Crippen LogP contribution in [-0.2, 0) is 14.3 Å². The van der Waals surface area contributed by atoms with Crippen LogP contribution in [0.5, 0.6) is 0 Å². The second-order valence-corrected chi connectivity index (χ2v) is 6.19. The van der Waals surface area contributed by atoms with Gasteiger partial charge < -0.3 is 14.6 Å². The number of aliphatic hydroxyl groups excluding tert-OH is 1. The predicted octanol–water partition coefficient (Wildman–Crippen LogP) is 1.76. The zero-order chi connectivity index (χ0) is 15.5. The van der Waals surface area contributed by atoms with Crippen molar-refractivity contribution in [2.24, 2.45) is 11.3 Å². The van der Waals surface area contributed by atoms with Gasteiger partial charge in [0.15, 0.2) is 0 Å². The second-order valence-electron chi connectivity index (χ2n) is 6.19. The fourth-order valence-electron chi connectivity index (χ4n) is 2.31. The van der Waals surface area contributed by atoms with Gasteiger partial charge in [0.25, 0.3) is 0 Å². The summed E-state index contributed by atoms with van der Waals surface area (Å²) in [5, 5.41) is 10.2. The van der Waals surface area contributed by atoms with Crippen molar-refractivity contribution in [2.75, 3.05) is 13.7 Å². The standard InChI is InChI=1S/C14H25NO5/c1-9(2)10-8-20-13(18)15(10)11(16)6-7-14(3,4)12(17)19-5/h9-11,16H,6-8H2,1-5H3. The number of esters is 1. The molecule has 0 aromatic heterocycles. The van der Waals surface area contributed by atoms with Gasteiger partial charge in [-0.15, -0.1) is 0 Å². The molecule has 0 radical (unpaired) electrons. The van der Waals surface area contributed by atoms with E-state index in [1.165, 1.54) is 12.0 Å². The minimum atomic E-state index is -0.943. The van der Waals surface area contributed by atoms with Crippen LogP contribution in [0.3, 0.4) is 0 Å². The molecule has 116 valence electrons. The van der Waals surface area contributed by atoms with E-state index in [1.54, 1.807) is 13.8 Å². The van der Waals surface area contributed by atoms with Crippen molar-refractivity contribution in [1.82, 2.24) is 4.90 Å². The van der Waals surface area contributed by atoms with Crippen molar-refractivity contribution in [3.8, 4) is 0 Å². The maximum atomic E-state index is 11.7. The van der Waals surface area contributed by atoms with Crippen molar-refractivity contribution >= 4 is 12.1 Å². The molecule has 1 amide bonds. The lowest BCUT2D eigenvalue weighted by Crippen LogP contribution is -2.45. The van der Waals surface area contributed by atoms with Crippen LogP contribution in [0, 0.1) is 11.3 Å². The number of carbonyl (C=O) groups is 2. The second kappa shape index (κ2) is 6.43. The first-order valence-corrected chi connectivity index (χ1v) is 6.92. The maximum Gasteiger partial charge on any atom is 0.412 e. The molecule has 1 N–H and O–H groups in total. The smallest absolute Gasteiger partial charge is 0.412 e. The number of methoxy groups -OCH3 is 1. The fraction of sp³-hybridized carbons (Fsp3) is 0.857. The van der Waals surface area contributed by atoms with Crippen LogP contribution in [0.1, 0.15) is 40.5 Å². The van der Waals surface area contributed by atoms with Gasteiger partial charge >= 0.3 is 12.1 Å². The van der Waals surface area contributed by atoms with Gasteiger partial charge in [-0.3, -0.25) is 9.69 Å². The summed E-state index contributed by atoms with van der Waals surface area (Å²) in [5.74, 6) is -0.126. The topological polar surface area (TPSA) is 76.1 Å². The van der Waals surface area contributed by atoms with Gasteiger partial charge in [0, 0.05) is 0 Å². The van der Waals surface area contributed by atoms with E-state index >= 15 is 0 Å². The average Bonchev–Trinajstić information content (AvgIpc) is 2.77. The highest BCUT2D eigenvalue weighted by atomic mass is 16.6. The Morgan fingerprint density at radius 2 is 2.15 bits per heavy atom. The molecule has 1 heterocycles. The van der Waals surface area contributed by atoms with Crippen LogP contribution in [0.4, 0.5) is 4.79 Å². The Balaban J connectivity index is 2.64. The summed E-state index contributed by atoms with van der Waals surface area (Å²) in [6.45, 7) is 7.77. The number of aliphatic hydroxyl groups is 1. The highest BCUT2D eigenvalue weighted by Gasteiger charge is 2.40. The van der Waals surface area contributed by atoms with Gasteiger partial charge in [-0.05, 0) is 32.6 Å². The monoisotopic (exact) mass is 287 g/mol. The van der Waals surface area contributed by atoms with E-state index in [9.17, 15) is 14.7 Å². The van der Waals surface area contributed by atoms with Crippen LogP contribution in [-0.4, -0.2) is 48.1 Å². The molecular formula is C14H25NO5. The van der Waals surface area contributed by atoms with E-state index in [-0.39, 0.29) is 17.9 Å². The SMILES string of the molecule is COC(=O)C(C)(C)CCC(O)N1C(=O)OCC1C(C)C. The molecule has 2 unspecified atom stereocenters. The lowest BCUT2D eigenvalue weighted by Gasteiger charge is -2.30. The number of cyclic esters (lactones) is 1. The van der Waals surface area contributed by atoms with Gasteiger partial charge in [-0.2, -0.15) is 0 Å². The van der Waals surface area contributed by atoms with Gasteiger partial charge in [0.1, 0.15) is 12.8 Å². The Hall–Kier alpha value is -1.30. The van der Waals surface area contributed by atoms with Crippen LogP contribution >= 0.6 is 0 Å². The lowest BCUT2D eigenvalue weighted by molar-refractivity contribution is -0.151. The summed E-state index contributed by atoms with van der Waals surface area (Å²) in [4.78, 5) is 24.7. The third kappa shape index (κ3) is 3.62. The van der Waals surface area contributed by atoms with Gasteiger partial charge in [-0.1, -0.05) is 13.8 Å². The fourth-order valence-corrected chi connectivity index (χ4v) is 2.31. The zero-order valence-electron chi connectivity index (χ0n) is 12.9. The highest BCUT2D eigenvalue weighted by molar-refractivity contribution is 5.75. The van der Waals surface area contributed by atoms with E-state index in [1.807, 2.05) is 13.8 Å². The molecule has 1 rings (SSSR count). The number of hydrogen-bond acceptors (Lipinski definition) is 5. The first kappa shape index (κ1) is 16.8. The molecule has 20 heavy (non-hydrogen) atoms. The van der Waals surface area contributed by atoms with Crippen LogP contribution in [0.2, 0.25) is 0 Å². The summed E-state index contributed by atoms with van der Waals surface area (Å²) in [6, 6.07) is -0.126. The van der Waals surface area contributed by atoms with E-state index in [0.29, 0.717) is 19.4 Å². The molecular weight excluding hydrogens is 262 g/mol. The Bertz CT molecular complexity index is 367. The predicted molar refractivity (Wildman–Crippen MR) is 72.9 cm³/mol. The normalized spacial score (nSPS) is 21.1. The summed E-state index contributed by atoms with van der Waals surface area (Å²) in [7, 11) is 1.34. The number of nitrogens with zero attached hydrogens (tertiary/aromatic N) is 1. The number of ether oxygens (including phenoxy) is 2. The summed E-state index contributed by atoms with van der Waals surface area (Å²) in [5.41, 5.74) is -0.688. The molecule has 0 bridgehead atoms. The van der Waals surface area contributed by atoms with E-state index in [4.69, 9.17) is 9.47 Å². The lowest BCUT2D eigenvalue weighted by atomic mass is 9.87. The van der Waals surface area contributed by atoms with E-state index in [2.05, 4.69) is 0 Å². The van der Waals surface area contributed by atoms with Crippen molar-refractivity contribution < 1.29 is 24.2 Å². The third-order valence-corrected chi connectivity index (χ3v) is 3.80. The highest BCUT2D eigenvalue weighted by Crippen LogP contribution is 2.28. The van der Waals surface area contributed by atoms with Gasteiger partial charge in [0.05, 0.1) is 18.6 Å². The van der Waals surface area contributed by atoms with Gasteiger partial charge in [-0.25, -0.2) is 4.79 Å². The number of rotatable bonds is 6. The molecule has 0 spiro atoms. The van der Waals surface area contributed by atoms with Crippen molar-refractivity contribution in [2.45, 2.75) is 52.8 Å². The number of carbonyl (C=O) groups excluding carboxylic acids is 2. The first-order valence-electron chi connectivity index (χ1n) is 6.92. The van der Waals surface area contributed by atoms with E-state index in [0.717, 1.165) is 0 Å². The van der Waals surface area contributed by atoms with Crippen molar-refractivity contribution in [3.63, 3.8) is 0 Å². The van der Waals surface area contributed by atoms with Gasteiger partial charge in [0.2, 0.25) is 0 Å². The minimum Gasteiger partial charge on any atom is -0.469 e. The summed E-state index contributed by atoms with van der Waals surface area (Å²) in [6.07, 6.45) is -0.705. The molecule has 0 aromatic rings. The molecule has 1 aliphatic rings. The Labute approximate surface area is 120 Å². The van der Waals surface area contributed by atoms with Crippen molar-refractivity contribution in [1.29, 1.82) is 0 Å². The Kier molecular flexibility index (Phi) is 5.39. The molecule has 0 aliphatic carbocycles. The Morgan fingerprint density at radius 1 is 1.55 bits per heavy atom. The van der Waals surface area contributed by atoms with E-state index < -0.39 is 17.7 Å². The molecule has 1 fully saturated rings. The zero-order valence-corrected chi connectivity index (χ0v) is 12.9. The van der Waals surface area contributed by atoms with Crippen LogP contribution in [0.15, 0.2) is 0 Å². The molecule has 0 saturated carbocycles. The van der Waals surface area contributed by atoms with Crippen LogP contribution in [0.25, 0.3) is 0 Å². The van der Waals surface area contributed by atoms with Crippen LogP contribution < -0.4 is 0 Å².